The highest BCUT2D eigenvalue weighted by Crippen LogP contribution is 2.40. The number of nitrogens with zero attached hydrogens (tertiary/aromatic N) is 4. The Labute approximate surface area is 302 Å². The standard InChI is InChI=1S/C38H48ClF2N7OS/c1-23(42)44-16-14-27-7-4-9-34(47(27)17-5-15-40)29-13-12-28(21-35(29)50-2)48-22-26-20-33(45-37(26)46-38(48)49)30-18-24(19-31(39)36(30)41)6-3-8-32(43)25-10-11-25/h12-13,18-22,25,27,32,34H,3-11,14-17,43H2,1-2H3,(H2,42,44)(H,45,46,49)/t27-,32?,34-/m0/s1. The van der Waals surface area contributed by atoms with E-state index in [9.17, 15) is 9.18 Å². The highest BCUT2D eigenvalue weighted by Gasteiger charge is 2.32. The lowest BCUT2D eigenvalue weighted by molar-refractivity contribution is 0.0735. The summed E-state index contributed by atoms with van der Waals surface area (Å²) < 4.78 is 30.3. The van der Waals surface area contributed by atoms with Crippen molar-refractivity contribution in [2.24, 2.45) is 22.4 Å². The van der Waals surface area contributed by atoms with Gasteiger partial charge in [0.2, 0.25) is 0 Å². The zero-order valence-electron chi connectivity index (χ0n) is 28.9. The number of aromatic nitrogens is 3. The van der Waals surface area contributed by atoms with Crippen molar-refractivity contribution in [3.8, 4) is 16.9 Å². The lowest BCUT2D eigenvalue weighted by Crippen LogP contribution is -2.43. The third-order valence-electron chi connectivity index (χ3n) is 10.2. The average Bonchev–Trinajstić information content (AvgIpc) is 3.88. The van der Waals surface area contributed by atoms with Crippen molar-refractivity contribution in [1.82, 2.24) is 19.4 Å². The van der Waals surface area contributed by atoms with Gasteiger partial charge in [0.25, 0.3) is 0 Å². The molecule has 0 radical (unpaired) electrons. The number of thioether (sulfide) groups is 1. The molecule has 2 aromatic heterocycles. The van der Waals surface area contributed by atoms with Crippen LogP contribution in [-0.2, 0) is 6.42 Å². The third kappa shape index (κ3) is 8.44. The Balaban J connectivity index is 1.26. The molecule has 1 aliphatic carbocycles. The van der Waals surface area contributed by atoms with Crippen LogP contribution in [0.1, 0.15) is 81.9 Å². The molecule has 1 aliphatic heterocycles. The first-order valence-corrected chi connectivity index (χ1v) is 19.4. The Morgan fingerprint density at radius 3 is 2.74 bits per heavy atom. The number of aromatic amines is 1. The molecular weight excluding hydrogens is 676 g/mol. The van der Waals surface area contributed by atoms with E-state index >= 15 is 4.39 Å². The van der Waals surface area contributed by atoms with E-state index in [0.717, 1.165) is 55.4 Å². The summed E-state index contributed by atoms with van der Waals surface area (Å²) in [5.74, 6) is 0.707. The van der Waals surface area contributed by atoms with Gasteiger partial charge in [-0.05, 0) is 125 Å². The first-order chi connectivity index (χ1) is 24.2. The number of aryl methyl sites for hydroxylation is 1. The number of hydrogen-bond donors (Lipinski definition) is 3. The van der Waals surface area contributed by atoms with Gasteiger partial charge in [-0.2, -0.15) is 4.98 Å². The van der Waals surface area contributed by atoms with Gasteiger partial charge in [-0.15, -0.1) is 11.8 Å². The minimum atomic E-state index is -0.514. The Morgan fingerprint density at radius 1 is 1.18 bits per heavy atom. The van der Waals surface area contributed by atoms with E-state index < -0.39 is 11.5 Å². The smallest absolute Gasteiger partial charge is 0.354 e. The molecule has 1 unspecified atom stereocenters. The van der Waals surface area contributed by atoms with Crippen LogP contribution in [-0.4, -0.2) is 63.4 Å². The van der Waals surface area contributed by atoms with Gasteiger partial charge in [0.1, 0.15) is 5.65 Å². The number of amidine groups is 1. The molecule has 4 aromatic rings. The topological polar surface area (TPSA) is 118 Å². The van der Waals surface area contributed by atoms with Crippen LogP contribution < -0.4 is 17.2 Å². The molecule has 0 amide bonds. The average molecular weight is 724 g/mol. The molecule has 12 heteroatoms. The summed E-state index contributed by atoms with van der Waals surface area (Å²) in [7, 11) is 0. The van der Waals surface area contributed by atoms with E-state index in [0.29, 0.717) is 65.3 Å². The van der Waals surface area contributed by atoms with Gasteiger partial charge < -0.3 is 16.5 Å². The Bertz CT molecular complexity index is 1890. The van der Waals surface area contributed by atoms with Crippen LogP contribution in [0.4, 0.5) is 8.78 Å². The maximum atomic E-state index is 15.4. The molecule has 6 rings (SSSR count). The van der Waals surface area contributed by atoms with Crippen LogP contribution in [0.5, 0.6) is 0 Å². The van der Waals surface area contributed by atoms with Crippen LogP contribution in [0, 0.1) is 11.7 Å². The highest BCUT2D eigenvalue weighted by molar-refractivity contribution is 7.98. The van der Waals surface area contributed by atoms with E-state index in [2.05, 4.69) is 25.9 Å². The van der Waals surface area contributed by atoms with E-state index in [1.807, 2.05) is 30.5 Å². The normalized spacial score (nSPS) is 19.4. The van der Waals surface area contributed by atoms with E-state index in [-0.39, 0.29) is 23.8 Å². The predicted molar refractivity (Wildman–Crippen MR) is 202 cm³/mol. The van der Waals surface area contributed by atoms with Gasteiger partial charge in [0.15, 0.2) is 5.82 Å². The fraction of sp³-hybridized carbons (Fsp3) is 0.500. The molecule has 0 spiro atoms. The second kappa shape index (κ2) is 16.4. The fourth-order valence-electron chi connectivity index (χ4n) is 7.48. The summed E-state index contributed by atoms with van der Waals surface area (Å²) in [6.45, 7) is 2.77. The maximum Gasteiger partial charge on any atom is 0.354 e. The zero-order chi connectivity index (χ0) is 35.4. The fourth-order valence-corrected chi connectivity index (χ4v) is 8.41. The zero-order valence-corrected chi connectivity index (χ0v) is 30.5. The van der Waals surface area contributed by atoms with Gasteiger partial charge in [-0.1, -0.05) is 17.7 Å². The molecule has 0 bridgehead atoms. The summed E-state index contributed by atoms with van der Waals surface area (Å²) in [6.07, 6.45) is 13.2. The molecular formula is C38H48ClF2N7OS. The monoisotopic (exact) mass is 723 g/mol. The number of piperidine rings is 1. The maximum absolute atomic E-state index is 15.4. The highest BCUT2D eigenvalue weighted by atomic mass is 35.5. The Kier molecular flexibility index (Phi) is 12.0. The van der Waals surface area contributed by atoms with Crippen molar-refractivity contribution in [3.05, 3.63) is 75.0 Å². The van der Waals surface area contributed by atoms with Gasteiger partial charge in [0.05, 0.1) is 28.9 Å². The first-order valence-electron chi connectivity index (χ1n) is 17.8. The molecule has 3 atom stereocenters. The van der Waals surface area contributed by atoms with Gasteiger partial charge in [-0.3, -0.25) is 18.8 Å². The molecule has 1 saturated carbocycles. The number of halogens is 3. The summed E-state index contributed by atoms with van der Waals surface area (Å²) in [4.78, 5) is 28.8. The molecule has 2 fully saturated rings. The minimum Gasteiger partial charge on any atom is -0.388 e. The number of hydrogen-bond acceptors (Lipinski definition) is 6. The van der Waals surface area contributed by atoms with Crippen molar-refractivity contribution >= 4 is 40.2 Å². The van der Waals surface area contributed by atoms with Crippen LogP contribution >= 0.6 is 23.4 Å². The van der Waals surface area contributed by atoms with Gasteiger partial charge in [0, 0.05) is 53.3 Å². The van der Waals surface area contributed by atoms with Crippen molar-refractivity contribution in [2.45, 2.75) is 94.2 Å². The van der Waals surface area contributed by atoms with Gasteiger partial charge in [-0.25, -0.2) is 9.18 Å². The Morgan fingerprint density at radius 2 is 2.00 bits per heavy atom. The van der Waals surface area contributed by atoms with Gasteiger partial charge >= 0.3 is 5.69 Å². The molecule has 268 valence electrons. The first kappa shape index (κ1) is 36.5. The molecule has 5 N–H and O–H groups in total. The number of rotatable bonds is 15. The van der Waals surface area contributed by atoms with Crippen LogP contribution in [0.2, 0.25) is 5.02 Å². The molecule has 2 aromatic carbocycles. The third-order valence-corrected chi connectivity index (χ3v) is 11.3. The minimum absolute atomic E-state index is 0.0616. The second-order valence-electron chi connectivity index (χ2n) is 13.8. The lowest BCUT2D eigenvalue weighted by Gasteiger charge is -2.43. The van der Waals surface area contributed by atoms with E-state index in [1.54, 1.807) is 30.9 Å². The summed E-state index contributed by atoms with van der Waals surface area (Å²) >= 11 is 7.99. The summed E-state index contributed by atoms with van der Waals surface area (Å²) in [5.41, 5.74) is 15.7. The number of aliphatic imine (C=N–C) groups is 1. The van der Waals surface area contributed by atoms with Crippen LogP contribution in [0.15, 0.2) is 57.3 Å². The lowest BCUT2D eigenvalue weighted by atomic mass is 9.89. The van der Waals surface area contributed by atoms with Crippen molar-refractivity contribution < 1.29 is 8.78 Å². The van der Waals surface area contributed by atoms with Crippen molar-refractivity contribution in [1.29, 1.82) is 0 Å². The number of H-pyrrole nitrogens is 1. The summed E-state index contributed by atoms with van der Waals surface area (Å²) in [6, 6.07) is 12.0. The summed E-state index contributed by atoms with van der Waals surface area (Å²) in [5, 5.41) is 0.736. The number of nitrogens with one attached hydrogen (secondary N) is 1. The number of likely N-dealkylation sites (tertiary alicyclic amines) is 1. The van der Waals surface area contributed by atoms with Crippen molar-refractivity contribution in [2.75, 3.05) is 26.0 Å². The molecule has 3 heterocycles. The van der Waals surface area contributed by atoms with Crippen LogP contribution in [0.3, 0.4) is 0 Å². The quantitative estimate of drug-likeness (QED) is 0.0651. The SMILES string of the molecule is CSc1cc(-n2cc3cc(-c4cc(CCCC(N)C5CC5)cc(Cl)c4F)[nH]c3nc2=O)ccc1[C@@H]1CCC[C@@H](CCN=C(C)N)N1CCCF. The number of fused-ring (bicyclic) bond motifs is 1. The van der Waals surface area contributed by atoms with Crippen LogP contribution in [0.25, 0.3) is 28.0 Å². The number of benzene rings is 2. The Hall–Kier alpha value is -3.25. The van der Waals surface area contributed by atoms with E-state index in [1.165, 1.54) is 23.0 Å². The second-order valence-corrected chi connectivity index (χ2v) is 15.1. The van der Waals surface area contributed by atoms with Crippen molar-refractivity contribution in [3.63, 3.8) is 0 Å². The predicted octanol–water partition coefficient (Wildman–Crippen LogP) is 7.98. The molecule has 1 saturated heterocycles. The number of alkyl halides is 1. The molecule has 8 nitrogen and oxygen atoms in total. The molecule has 50 heavy (non-hydrogen) atoms. The van der Waals surface area contributed by atoms with E-state index in [4.69, 9.17) is 23.1 Å². The number of nitrogens with two attached hydrogens (primary N) is 2. The largest absolute Gasteiger partial charge is 0.388 e. The molecule has 2 aliphatic rings.